The smallest absolute Gasteiger partial charge is 0.329 e. The van der Waals surface area contributed by atoms with Crippen molar-refractivity contribution in [1.29, 1.82) is 0 Å². The highest BCUT2D eigenvalue weighted by Gasteiger charge is 2.13. The maximum atomic E-state index is 13.0. The number of nitrogens with zero attached hydrogens (tertiary/aromatic N) is 1. The van der Waals surface area contributed by atoms with Crippen LogP contribution in [0, 0.1) is 19.7 Å². The third kappa shape index (κ3) is 6.99. The molecule has 0 radical (unpaired) electrons. The molecular formula is C25H23FN4O4. The number of hydrazone groups is 1. The van der Waals surface area contributed by atoms with Gasteiger partial charge in [0, 0.05) is 16.9 Å². The van der Waals surface area contributed by atoms with Gasteiger partial charge in [0.15, 0.2) is 6.61 Å². The number of carbonyl (C=O) groups is 3. The second kappa shape index (κ2) is 11.4. The van der Waals surface area contributed by atoms with Gasteiger partial charge in [0.05, 0.1) is 6.21 Å². The predicted octanol–water partition coefficient (Wildman–Crippen LogP) is 3.55. The molecule has 3 amide bonds. The van der Waals surface area contributed by atoms with Crippen molar-refractivity contribution in [3.8, 4) is 5.75 Å². The van der Waals surface area contributed by atoms with Crippen molar-refractivity contribution in [3.63, 3.8) is 0 Å². The lowest BCUT2D eigenvalue weighted by molar-refractivity contribution is -0.136. The van der Waals surface area contributed by atoms with Crippen molar-refractivity contribution in [2.45, 2.75) is 13.8 Å². The minimum Gasteiger partial charge on any atom is -0.483 e. The molecule has 34 heavy (non-hydrogen) atoms. The van der Waals surface area contributed by atoms with Gasteiger partial charge in [-0.05, 0) is 73.5 Å². The minimum absolute atomic E-state index is 0.299. The van der Waals surface area contributed by atoms with Gasteiger partial charge in [-0.3, -0.25) is 14.4 Å². The zero-order chi connectivity index (χ0) is 24.5. The molecule has 0 aliphatic carbocycles. The van der Waals surface area contributed by atoms with Crippen LogP contribution in [0.15, 0.2) is 71.8 Å². The summed E-state index contributed by atoms with van der Waals surface area (Å²) in [5.41, 5.74) is 5.63. The number of benzene rings is 3. The topological polar surface area (TPSA) is 109 Å². The normalized spacial score (nSPS) is 10.6. The van der Waals surface area contributed by atoms with Crippen molar-refractivity contribution in [3.05, 3.63) is 89.2 Å². The maximum absolute atomic E-state index is 13.0. The van der Waals surface area contributed by atoms with Gasteiger partial charge in [0.2, 0.25) is 0 Å². The number of anilines is 2. The number of hydrogen-bond acceptors (Lipinski definition) is 5. The number of halogens is 1. The molecule has 0 unspecified atom stereocenters. The van der Waals surface area contributed by atoms with E-state index in [0.717, 1.165) is 11.1 Å². The zero-order valence-corrected chi connectivity index (χ0v) is 18.6. The van der Waals surface area contributed by atoms with Gasteiger partial charge < -0.3 is 15.4 Å². The Labute approximate surface area is 195 Å². The molecule has 0 saturated heterocycles. The first kappa shape index (κ1) is 24.1. The van der Waals surface area contributed by atoms with Crippen molar-refractivity contribution < 1.29 is 23.5 Å². The molecule has 0 heterocycles. The van der Waals surface area contributed by atoms with Crippen molar-refractivity contribution in [2.75, 3.05) is 17.2 Å². The van der Waals surface area contributed by atoms with Crippen LogP contribution in [0.3, 0.4) is 0 Å². The number of rotatable bonds is 7. The Balaban J connectivity index is 1.53. The standard InChI is InChI=1S/C25H23FN4O4/c1-16-7-10-21(13-17(16)2)29-24(32)25(33)30-27-14-18-5-3-4-6-22(18)34-15-23(31)28-20-11-8-19(26)9-12-20/h3-14H,15H2,1-2H3,(H,28,31)(H,29,32)(H,30,33)/b27-14-. The van der Waals surface area contributed by atoms with Gasteiger partial charge in [-0.2, -0.15) is 5.10 Å². The molecule has 0 atom stereocenters. The summed E-state index contributed by atoms with van der Waals surface area (Å²) in [6, 6.07) is 17.4. The monoisotopic (exact) mass is 462 g/mol. The average Bonchev–Trinajstić information content (AvgIpc) is 2.82. The number of para-hydroxylation sites is 1. The zero-order valence-electron chi connectivity index (χ0n) is 18.6. The molecule has 0 fully saturated rings. The fourth-order valence-electron chi connectivity index (χ4n) is 2.81. The Morgan fingerprint density at radius 2 is 1.59 bits per heavy atom. The lowest BCUT2D eigenvalue weighted by Crippen LogP contribution is -2.32. The minimum atomic E-state index is -0.938. The molecule has 3 rings (SSSR count). The van der Waals surface area contributed by atoms with Gasteiger partial charge in [-0.25, -0.2) is 9.82 Å². The summed E-state index contributed by atoms with van der Waals surface area (Å²) in [4.78, 5) is 36.2. The second-order valence-electron chi connectivity index (χ2n) is 7.33. The maximum Gasteiger partial charge on any atom is 0.329 e. The SMILES string of the molecule is Cc1ccc(NC(=O)C(=O)N/N=C\c2ccccc2OCC(=O)Nc2ccc(F)cc2)cc1C. The van der Waals surface area contributed by atoms with Crippen molar-refractivity contribution in [1.82, 2.24) is 5.43 Å². The van der Waals surface area contributed by atoms with Crippen LogP contribution in [0.4, 0.5) is 15.8 Å². The van der Waals surface area contributed by atoms with E-state index in [1.807, 2.05) is 19.9 Å². The molecule has 174 valence electrons. The summed E-state index contributed by atoms with van der Waals surface area (Å²) in [5.74, 6) is -2.30. The molecule has 9 heteroatoms. The van der Waals surface area contributed by atoms with Crippen LogP contribution in [0.1, 0.15) is 16.7 Å². The van der Waals surface area contributed by atoms with Crippen LogP contribution >= 0.6 is 0 Å². The van der Waals surface area contributed by atoms with Crippen LogP contribution in [-0.4, -0.2) is 30.5 Å². The molecule has 3 aromatic rings. The van der Waals surface area contributed by atoms with Crippen LogP contribution in [0.2, 0.25) is 0 Å². The van der Waals surface area contributed by atoms with Gasteiger partial charge in [-0.1, -0.05) is 18.2 Å². The number of aryl methyl sites for hydroxylation is 2. The third-order valence-electron chi connectivity index (χ3n) is 4.75. The number of carbonyl (C=O) groups excluding carboxylic acids is 3. The first-order chi connectivity index (χ1) is 16.3. The molecule has 0 bridgehead atoms. The first-order valence-electron chi connectivity index (χ1n) is 10.3. The Morgan fingerprint density at radius 3 is 2.32 bits per heavy atom. The summed E-state index contributed by atoms with van der Waals surface area (Å²) in [7, 11) is 0. The van der Waals surface area contributed by atoms with Gasteiger partial charge in [0.25, 0.3) is 5.91 Å². The van der Waals surface area contributed by atoms with Crippen LogP contribution in [0.5, 0.6) is 5.75 Å². The highest BCUT2D eigenvalue weighted by molar-refractivity contribution is 6.39. The van der Waals surface area contributed by atoms with Crippen LogP contribution < -0.4 is 20.8 Å². The Hall–Kier alpha value is -4.53. The number of ether oxygens (including phenoxy) is 1. The Kier molecular flexibility index (Phi) is 8.07. The Bertz CT molecular complexity index is 1230. The van der Waals surface area contributed by atoms with Gasteiger partial charge >= 0.3 is 11.8 Å². The largest absolute Gasteiger partial charge is 0.483 e. The summed E-state index contributed by atoms with van der Waals surface area (Å²) < 4.78 is 18.5. The van der Waals surface area contributed by atoms with Crippen molar-refractivity contribution in [2.24, 2.45) is 5.10 Å². The van der Waals surface area contributed by atoms with E-state index in [4.69, 9.17) is 4.74 Å². The number of hydrogen-bond donors (Lipinski definition) is 3. The van der Waals surface area contributed by atoms with Gasteiger partial charge in [-0.15, -0.1) is 0 Å². The molecule has 8 nitrogen and oxygen atoms in total. The van der Waals surface area contributed by atoms with E-state index in [9.17, 15) is 18.8 Å². The fourth-order valence-corrected chi connectivity index (χ4v) is 2.81. The third-order valence-corrected chi connectivity index (χ3v) is 4.75. The molecule has 0 aromatic heterocycles. The Morgan fingerprint density at radius 1 is 0.882 bits per heavy atom. The summed E-state index contributed by atoms with van der Waals surface area (Å²) >= 11 is 0. The van der Waals surface area contributed by atoms with Gasteiger partial charge in [0.1, 0.15) is 11.6 Å². The summed E-state index contributed by atoms with van der Waals surface area (Å²) in [6.07, 6.45) is 1.30. The first-order valence-corrected chi connectivity index (χ1v) is 10.3. The molecule has 0 aliphatic heterocycles. The molecule has 0 saturated carbocycles. The second-order valence-corrected chi connectivity index (χ2v) is 7.33. The lowest BCUT2D eigenvalue weighted by atomic mass is 10.1. The van der Waals surface area contributed by atoms with E-state index >= 15 is 0 Å². The quantitative estimate of drug-likeness (QED) is 0.283. The van der Waals surface area contributed by atoms with E-state index in [-0.39, 0.29) is 6.61 Å². The average molecular weight is 462 g/mol. The highest BCUT2D eigenvalue weighted by atomic mass is 19.1. The van der Waals surface area contributed by atoms with Crippen LogP contribution in [0.25, 0.3) is 0 Å². The molecule has 0 aliphatic rings. The highest BCUT2D eigenvalue weighted by Crippen LogP contribution is 2.16. The molecular weight excluding hydrogens is 439 g/mol. The van der Waals surface area contributed by atoms with E-state index in [0.29, 0.717) is 22.7 Å². The number of nitrogens with one attached hydrogen (secondary N) is 3. The lowest BCUT2D eigenvalue weighted by Gasteiger charge is -2.09. The molecule has 3 N–H and O–H groups in total. The van der Waals surface area contributed by atoms with Crippen LogP contribution in [-0.2, 0) is 14.4 Å². The molecule has 3 aromatic carbocycles. The van der Waals surface area contributed by atoms with E-state index < -0.39 is 23.5 Å². The summed E-state index contributed by atoms with van der Waals surface area (Å²) in [6.45, 7) is 3.55. The fraction of sp³-hybridized carbons (Fsp3) is 0.120. The number of amides is 3. The summed E-state index contributed by atoms with van der Waals surface area (Å²) in [5, 5.41) is 8.90. The van der Waals surface area contributed by atoms with E-state index in [1.165, 1.54) is 30.5 Å². The molecule has 0 spiro atoms. The van der Waals surface area contributed by atoms with E-state index in [2.05, 4.69) is 21.2 Å². The van der Waals surface area contributed by atoms with E-state index in [1.54, 1.807) is 36.4 Å². The van der Waals surface area contributed by atoms with Crippen molar-refractivity contribution >= 4 is 35.3 Å². The predicted molar refractivity (Wildman–Crippen MR) is 127 cm³/mol.